The second-order valence-electron chi connectivity index (χ2n) is 4.47. The molecule has 1 aliphatic carbocycles. The van der Waals surface area contributed by atoms with Crippen LogP contribution in [-0.4, -0.2) is 10.9 Å². The molecule has 0 radical (unpaired) electrons. The summed E-state index contributed by atoms with van der Waals surface area (Å²) in [5.41, 5.74) is 1.93. The molecule has 0 saturated carbocycles. The molecule has 0 saturated heterocycles. The Morgan fingerprint density at radius 2 is 2.30 bits per heavy atom. The molecule has 3 rings (SSSR count). The van der Waals surface area contributed by atoms with Gasteiger partial charge in [-0.05, 0) is 37.0 Å². The van der Waals surface area contributed by atoms with Gasteiger partial charge in [0.05, 0.1) is 5.56 Å². The monoisotopic (exact) mass is 303 g/mol. The minimum Gasteiger partial charge on any atom is -0.311 e. The van der Waals surface area contributed by atoms with Crippen molar-refractivity contribution in [2.75, 3.05) is 5.32 Å². The van der Waals surface area contributed by atoms with E-state index in [0.717, 1.165) is 24.8 Å². The van der Waals surface area contributed by atoms with Crippen molar-refractivity contribution in [1.82, 2.24) is 4.98 Å². The molecule has 0 aromatic carbocycles. The molecule has 20 heavy (non-hydrogen) atoms. The van der Waals surface area contributed by atoms with Gasteiger partial charge in [-0.2, -0.15) is 5.26 Å². The fourth-order valence-electron chi connectivity index (χ4n) is 2.31. The van der Waals surface area contributed by atoms with Crippen molar-refractivity contribution in [2.45, 2.75) is 19.3 Å². The second kappa shape index (κ2) is 5.23. The van der Waals surface area contributed by atoms with Gasteiger partial charge in [0.25, 0.3) is 5.91 Å². The summed E-state index contributed by atoms with van der Waals surface area (Å²) in [6.45, 7) is 0. The van der Waals surface area contributed by atoms with Crippen LogP contribution in [0.2, 0.25) is 5.15 Å². The number of carbonyl (C=O) groups is 1. The lowest BCUT2D eigenvalue weighted by Crippen LogP contribution is -2.13. The van der Waals surface area contributed by atoms with Gasteiger partial charge >= 0.3 is 0 Å². The second-order valence-corrected chi connectivity index (χ2v) is 5.97. The number of anilines is 1. The van der Waals surface area contributed by atoms with Crippen LogP contribution >= 0.6 is 22.9 Å². The molecule has 0 unspecified atom stereocenters. The summed E-state index contributed by atoms with van der Waals surface area (Å²) in [5, 5.41) is 12.9. The molecule has 1 N–H and O–H groups in total. The molecule has 1 aliphatic rings. The number of hydrogen-bond acceptors (Lipinski definition) is 4. The van der Waals surface area contributed by atoms with Gasteiger partial charge in [0.1, 0.15) is 21.9 Å². The molecule has 0 bridgehead atoms. The average Bonchev–Trinajstić information content (AvgIpc) is 2.98. The lowest BCUT2D eigenvalue weighted by Gasteiger charge is -2.03. The summed E-state index contributed by atoms with van der Waals surface area (Å²) in [4.78, 5) is 17.3. The number of hydrogen-bond donors (Lipinski definition) is 1. The van der Waals surface area contributed by atoms with E-state index in [2.05, 4.69) is 16.4 Å². The van der Waals surface area contributed by atoms with Crippen molar-refractivity contribution in [3.8, 4) is 6.07 Å². The Morgan fingerprint density at radius 1 is 1.45 bits per heavy atom. The number of fused-ring (bicyclic) bond motifs is 1. The number of thiophene rings is 1. The maximum absolute atomic E-state index is 12.1. The number of nitrogens with zero attached hydrogens (tertiary/aromatic N) is 2. The third kappa shape index (κ3) is 2.28. The highest BCUT2D eigenvalue weighted by molar-refractivity contribution is 7.16. The Bertz CT molecular complexity index is 733. The number of halogens is 1. The van der Waals surface area contributed by atoms with E-state index in [1.807, 2.05) is 0 Å². The molecule has 0 aliphatic heterocycles. The number of carbonyl (C=O) groups excluding carboxylic acids is 1. The van der Waals surface area contributed by atoms with Gasteiger partial charge in [-0.3, -0.25) is 4.79 Å². The van der Waals surface area contributed by atoms with E-state index in [-0.39, 0.29) is 16.8 Å². The molecule has 0 fully saturated rings. The fourth-order valence-corrected chi connectivity index (χ4v) is 3.71. The third-order valence-corrected chi connectivity index (χ3v) is 4.63. The quantitative estimate of drug-likeness (QED) is 0.865. The standard InChI is InChI=1S/C14H10ClN3OS/c15-12-6-2-4-10(17-12)13(19)18-14-9(7-16)8-3-1-5-11(8)20-14/h2,4,6H,1,3,5H2,(H,18,19). The lowest BCUT2D eigenvalue weighted by atomic mass is 10.1. The van der Waals surface area contributed by atoms with Gasteiger partial charge in [-0.25, -0.2) is 4.98 Å². The number of aromatic nitrogens is 1. The number of nitrogens with one attached hydrogen (secondary N) is 1. The van der Waals surface area contributed by atoms with Crippen LogP contribution in [0.5, 0.6) is 0 Å². The van der Waals surface area contributed by atoms with Gasteiger partial charge in [0.2, 0.25) is 0 Å². The number of pyridine rings is 1. The van der Waals surface area contributed by atoms with Crippen molar-refractivity contribution in [1.29, 1.82) is 5.26 Å². The summed E-state index contributed by atoms with van der Waals surface area (Å²) < 4.78 is 0. The van der Waals surface area contributed by atoms with E-state index >= 15 is 0 Å². The summed E-state index contributed by atoms with van der Waals surface area (Å²) in [6, 6.07) is 7.07. The van der Waals surface area contributed by atoms with Crippen LogP contribution in [-0.2, 0) is 12.8 Å². The number of aryl methyl sites for hydroxylation is 1. The van der Waals surface area contributed by atoms with Gasteiger partial charge < -0.3 is 5.32 Å². The van der Waals surface area contributed by atoms with E-state index < -0.39 is 0 Å². The molecule has 6 heteroatoms. The summed E-state index contributed by atoms with van der Waals surface area (Å²) in [6.07, 6.45) is 2.99. The zero-order valence-electron chi connectivity index (χ0n) is 10.4. The predicted molar refractivity (Wildman–Crippen MR) is 78.3 cm³/mol. The van der Waals surface area contributed by atoms with Gasteiger partial charge in [0, 0.05) is 4.88 Å². The van der Waals surface area contributed by atoms with Gasteiger partial charge in [-0.1, -0.05) is 17.7 Å². The first kappa shape index (κ1) is 13.1. The van der Waals surface area contributed by atoms with E-state index in [9.17, 15) is 10.1 Å². The largest absolute Gasteiger partial charge is 0.311 e. The molecule has 2 heterocycles. The molecule has 1 amide bonds. The highest BCUT2D eigenvalue weighted by Crippen LogP contribution is 2.38. The average molecular weight is 304 g/mol. The Morgan fingerprint density at radius 3 is 3.05 bits per heavy atom. The minimum atomic E-state index is -0.344. The Balaban J connectivity index is 1.89. The molecule has 0 atom stereocenters. The molecule has 2 aromatic rings. The maximum Gasteiger partial charge on any atom is 0.274 e. The van der Waals surface area contributed by atoms with Crippen molar-refractivity contribution in [3.05, 3.63) is 45.1 Å². The van der Waals surface area contributed by atoms with Crippen LogP contribution in [0.15, 0.2) is 18.2 Å². The SMILES string of the molecule is N#Cc1c(NC(=O)c2cccc(Cl)n2)sc2c1CCC2. The topological polar surface area (TPSA) is 65.8 Å². The molecule has 100 valence electrons. The number of nitriles is 1. The normalized spacial score (nSPS) is 12.8. The van der Waals surface area contributed by atoms with E-state index in [0.29, 0.717) is 10.6 Å². The summed E-state index contributed by atoms with van der Waals surface area (Å²) in [5.74, 6) is -0.344. The number of amides is 1. The third-order valence-electron chi connectivity index (χ3n) is 3.21. The van der Waals surface area contributed by atoms with Crippen molar-refractivity contribution >= 4 is 33.8 Å². The van der Waals surface area contributed by atoms with Crippen LogP contribution in [0, 0.1) is 11.3 Å². The van der Waals surface area contributed by atoms with Crippen LogP contribution in [0.25, 0.3) is 0 Å². The molecular formula is C14H10ClN3OS. The first-order valence-corrected chi connectivity index (χ1v) is 7.37. The van der Waals surface area contributed by atoms with Crippen LogP contribution in [0.1, 0.15) is 32.9 Å². The smallest absolute Gasteiger partial charge is 0.274 e. The maximum atomic E-state index is 12.1. The van der Waals surface area contributed by atoms with Crippen LogP contribution in [0.4, 0.5) is 5.00 Å². The highest BCUT2D eigenvalue weighted by atomic mass is 35.5. The zero-order valence-corrected chi connectivity index (χ0v) is 12.0. The first-order valence-electron chi connectivity index (χ1n) is 6.17. The van der Waals surface area contributed by atoms with Crippen molar-refractivity contribution in [2.24, 2.45) is 0 Å². The highest BCUT2D eigenvalue weighted by Gasteiger charge is 2.23. The van der Waals surface area contributed by atoms with Gasteiger partial charge in [0.15, 0.2) is 0 Å². The number of rotatable bonds is 2. The van der Waals surface area contributed by atoms with E-state index in [1.54, 1.807) is 18.2 Å². The molecule has 4 nitrogen and oxygen atoms in total. The Kier molecular flexibility index (Phi) is 3.43. The molecular weight excluding hydrogens is 294 g/mol. The zero-order chi connectivity index (χ0) is 14.1. The van der Waals surface area contributed by atoms with Gasteiger partial charge in [-0.15, -0.1) is 11.3 Å². The van der Waals surface area contributed by atoms with E-state index in [4.69, 9.17) is 11.6 Å². The van der Waals surface area contributed by atoms with E-state index in [1.165, 1.54) is 16.2 Å². The Hall–Kier alpha value is -1.90. The first-order chi connectivity index (χ1) is 9.69. The molecule has 0 spiro atoms. The minimum absolute atomic E-state index is 0.245. The van der Waals surface area contributed by atoms with Crippen molar-refractivity contribution < 1.29 is 4.79 Å². The van der Waals surface area contributed by atoms with Crippen LogP contribution < -0.4 is 5.32 Å². The van der Waals surface area contributed by atoms with Crippen molar-refractivity contribution in [3.63, 3.8) is 0 Å². The summed E-state index contributed by atoms with van der Waals surface area (Å²) in [7, 11) is 0. The predicted octanol–water partition coefficient (Wildman–Crippen LogP) is 3.41. The lowest BCUT2D eigenvalue weighted by molar-refractivity contribution is 0.102. The summed E-state index contributed by atoms with van der Waals surface area (Å²) >= 11 is 7.26. The Labute approximate surface area is 125 Å². The fraction of sp³-hybridized carbons (Fsp3) is 0.214. The molecule has 2 aromatic heterocycles. The van der Waals surface area contributed by atoms with Crippen LogP contribution in [0.3, 0.4) is 0 Å².